The van der Waals surface area contributed by atoms with E-state index in [1.807, 2.05) is 44.2 Å². The molecule has 0 heterocycles. The highest BCUT2D eigenvalue weighted by molar-refractivity contribution is 6.31. The van der Waals surface area contributed by atoms with Crippen LogP contribution in [0.3, 0.4) is 0 Å². The fraction of sp³-hybridized carbons (Fsp3) is 0.250. The Kier molecular flexibility index (Phi) is 4.51. The highest BCUT2D eigenvalue weighted by atomic mass is 35.5. The second-order valence-electron chi connectivity index (χ2n) is 4.91. The lowest BCUT2D eigenvalue weighted by Gasteiger charge is -2.16. The second-order valence-corrected chi connectivity index (χ2v) is 5.75. The lowest BCUT2D eigenvalue weighted by molar-refractivity contribution is 0.716. The molecular weight excluding hydrogens is 277 g/mol. The molecule has 19 heavy (non-hydrogen) atoms. The molecule has 0 aliphatic heterocycles. The van der Waals surface area contributed by atoms with Crippen LogP contribution in [0.2, 0.25) is 10.0 Å². The number of rotatable bonds is 3. The maximum atomic E-state index is 6.29. The molecule has 0 saturated carbocycles. The normalized spacial score (nSPS) is 12.5. The number of hydrogen-bond acceptors (Lipinski definition) is 1. The van der Waals surface area contributed by atoms with E-state index in [2.05, 4.69) is 6.07 Å². The molecular formula is C16H17Cl2N. The van der Waals surface area contributed by atoms with E-state index in [4.69, 9.17) is 28.9 Å². The SMILES string of the molecule is Cc1ccc(CC(N)c2cc(Cl)ccc2C)c(Cl)c1. The van der Waals surface area contributed by atoms with E-state index in [0.29, 0.717) is 11.4 Å². The van der Waals surface area contributed by atoms with Gasteiger partial charge in [0.05, 0.1) is 0 Å². The number of hydrogen-bond donors (Lipinski definition) is 1. The molecule has 0 spiro atoms. The van der Waals surface area contributed by atoms with E-state index < -0.39 is 0 Å². The minimum Gasteiger partial charge on any atom is -0.324 e. The van der Waals surface area contributed by atoms with Gasteiger partial charge in [0, 0.05) is 16.1 Å². The van der Waals surface area contributed by atoms with Crippen molar-refractivity contribution in [1.29, 1.82) is 0 Å². The smallest absolute Gasteiger partial charge is 0.0441 e. The van der Waals surface area contributed by atoms with Crippen LogP contribution >= 0.6 is 23.2 Å². The Balaban J connectivity index is 2.25. The van der Waals surface area contributed by atoms with Crippen LogP contribution in [-0.4, -0.2) is 0 Å². The highest BCUT2D eigenvalue weighted by Crippen LogP contribution is 2.26. The number of aryl methyl sites for hydroxylation is 2. The average molecular weight is 294 g/mol. The summed E-state index contributed by atoms with van der Waals surface area (Å²) < 4.78 is 0. The Morgan fingerprint density at radius 2 is 1.79 bits per heavy atom. The summed E-state index contributed by atoms with van der Waals surface area (Å²) in [5.41, 5.74) is 10.7. The zero-order valence-electron chi connectivity index (χ0n) is 11.1. The van der Waals surface area contributed by atoms with Crippen molar-refractivity contribution < 1.29 is 0 Å². The van der Waals surface area contributed by atoms with Gasteiger partial charge in [0.15, 0.2) is 0 Å². The van der Waals surface area contributed by atoms with Gasteiger partial charge in [-0.05, 0) is 60.7 Å². The Morgan fingerprint density at radius 3 is 2.47 bits per heavy atom. The third kappa shape index (κ3) is 3.50. The van der Waals surface area contributed by atoms with Crippen molar-refractivity contribution in [3.63, 3.8) is 0 Å². The summed E-state index contributed by atoms with van der Waals surface area (Å²) in [6.07, 6.45) is 0.709. The fourth-order valence-electron chi connectivity index (χ4n) is 2.18. The molecule has 2 rings (SSSR count). The third-order valence-electron chi connectivity index (χ3n) is 3.29. The van der Waals surface area contributed by atoms with E-state index in [1.54, 1.807) is 0 Å². The van der Waals surface area contributed by atoms with Crippen LogP contribution in [0.4, 0.5) is 0 Å². The first-order valence-electron chi connectivity index (χ1n) is 6.24. The molecule has 0 saturated heterocycles. The van der Waals surface area contributed by atoms with Gasteiger partial charge in [-0.1, -0.05) is 41.4 Å². The zero-order chi connectivity index (χ0) is 14.0. The monoisotopic (exact) mass is 293 g/mol. The van der Waals surface area contributed by atoms with Crippen molar-refractivity contribution in [2.75, 3.05) is 0 Å². The molecule has 3 heteroatoms. The molecule has 0 fully saturated rings. The summed E-state index contributed by atoms with van der Waals surface area (Å²) in [6.45, 7) is 4.07. The van der Waals surface area contributed by atoms with Gasteiger partial charge in [-0.25, -0.2) is 0 Å². The van der Waals surface area contributed by atoms with E-state index in [1.165, 1.54) is 0 Å². The molecule has 2 N–H and O–H groups in total. The topological polar surface area (TPSA) is 26.0 Å². The molecule has 1 nitrogen and oxygen atoms in total. The minimum absolute atomic E-state index is 0.0982. The van der Waals surface area contributed by atoms with Gasteiger partial charge in [0.25, 0.3) is 0 Å². The summed E-state index contributed by atoms with van der Waals surface area (Å²) in [6, 6.07) is 11.8. The van der Waals surface area contributed by atoms with Crippen molar-refractivity contribution in [2.24, 2.45) is 5.73 Å². The van der Waals surface area contributed by atoms with E-state index in [0.717, 1.165) is 27.3 Å². The average Bonchev–Trinajstić information content (AvgIpc) is 2.35. The number of benzene rings is 2. The first-order valence-corrected chi connectivity index (χ1v) is 6.99. The molecule has 0 aromatic heterocycles. The van der Waals surface area contributed by atoms with Crippen molar-refractivity contribution in [3.05, 3.63) is 68.7 Å². The van der Waals surface area contributed by atoms with Crippen LogP contribution in [0.15, 0.2) is 36.4 Å². The van der Waals surface area contributed by atoms with Gasteiger partial charge in [0.2, 0.25) is 0 Å². The molecule has 1 atom stereocenters. The van der Waals surface area contributed by atoms with Crippen molar-refractivity contribution in [2.45, 2.75) is 26.3 Å². The molecule has 2 aromatic rings. The molecule has 0 amide bonds. The lowest BCUT2D eigenvalue weighted by atomic mass is 9.96. The largest absolute Gasteiger partial charge is 0.324 e. The van der Waals surface area contributed by atoms with E-state index in [-0.39, 0.29) is 6.04 Å². The van der Waals surface area contributed by atoms with Gasteiger partial charge < -0.3 is 5.73 Å². The molecule has 100 valence electrons. The molecule has 0 bridgehead atoms. The molecule has 0 radical (unpaired) electrons. The van der Waals surface area contributed by atoms with Gasteiger partial charge >= 0.3 is 0 Å². The van der Waals surface area contributed by atoms with E-state index in [9.17, 15) is 0 Å². The summed E-state index contributed by atoms with van der Waals surface area (Å²) >= 11 is 12.3. The van der Waals surface area contributed by atoms with E-state index >= 15 is 0 Å². The van der Waals surface area contributed by atoms with Gasteiger partial charge in [-0.15, -0.1) is 0 Å². The molecule has 0 aliphatic carbocycles. The highest BCUT2D eigenvalue weighted by Gasteiger charge is 2.12. The third-order valence-corrected chi connectivity index (χ3v) is 3.88. The van der Waals surface area contributed by atoms with Gasteiger partial charge in [-0.3, -0.25) is 0 Å². The standard InChI is InChI=1S/C16H17Cl2N/c1-10-3-5-12(15(18)7-10)8-16(19)14-9-13(17)6-4-11(14)2/h3-7,9,16H,8,19H2,1-2H3. The fourth-order valence-corrected chi connectivity index (χ4v) is 2.67. The Labute approximate surface area is 124 Å². The van der Waals surface area contributed by atoms with Crippen molar-refractivity contribution in [3.8, 4) is 0 Å². The quantitative estimate of drug-likeness (QED) is 0.860. The Hall–Kier alpha value is -1.02. The number of halogens is 2. The van der Waals surface area contributed by atoms with Crippen LogP contribution in [0.25, 0.3) is 0 Å². The first kappa shape index (κ1) is 14.4. The summed E-state index contributed by atoms with van der Waals surface area (Å²) in [4.78, 5) is 0. The number of nitrogens with two attached hydrogens (primary N) is 1. The van der Waals surface area contributed by atoms with Gasteiger partial charge in [0.1, 0.15) is 0 Å². The van der Waals surface area contributed by atoms with Gasteiger partial charge in [-0.2, -0.15) is 0 Å². The Morgan fingerprint density at radius 1 is 1.05 bits per heavy atom. The summed E-state index contributed by atoms with van der Waals surface area (Å²) in [5, 5.41) is 1.49. The van der Waals surface area contributed by atoms with Crippen LogP contribution in [0, 0.1) is 13.8 Å². The maximum Gasteiger partial charge on any atom is 0.0441 e. The van der Waals surface area contributed by atoms with Crippen LogP contribution in [-0.2, 0) is 6.42 Å². The predicted molar refractivity (Wildman–Crippen MR) is 83.0 cm³/mol. The maximum absolute atomic E-state index is 6.29. The van der Waals surface area contributed by atoms with Crippen LogP contribution in [0.1, 0.15) is 28.3 Å². The van der Waals surface area contributed by atoms with Crippen LogP contribution in [0.5, 0.6) is 0 Å². The summed E-state index contributed by atoms with van der Waals surface area (Å²) in [5.74, 6) is 0. The van der Waals surface area contributed by atoms with Crippen molar-refractivity contribution >= 4 is 23.2 Å². The molecule has 1 unspecified atom stereocenters. The first-order chi connectivity index (χ1) is 8.97. The molecule has 0 aliphatic rings. The molecule has 2 aromatic carbocycles. The van der Waals surface area contributed by atoms with Crippen molar-refractivity contribution in [1.82, 2.24) is 0 Å². The Bertz CT molecular complexity index is 593. The zero-order valence-corrected chi connectivity index (χ0v) is 12.6. The summed E-state index contributed by atoms with van der Waals surface area (Å²) in [7, 11) is 0. The van der Waals surface area contributed by atoms with Crippen LogP contribution < -0.4 is 5.73 Å². The minimum atomic E-state index is -0.0982. The predicted octanol–water partition coefficient (Wildman–Crippen LogP) is 4.85. The lowest BCUT2D eigenvalue weighted by Crippen LogP contribution is -2.15. The second kappa shape index (κ2) is 5.96.